The average Bonchev–Trinajstić information content (AvgIpc) is 2.78. The van der Waals surface area contributed by atoms with Crippen LogP contribution in [0.5, 0.6) is 0 Å². The topological polar surface area (TPSA) is 63.2 Å². The van der Waals surface area contributed by atoms with Crippen molar-refractivity contribution in [3.05, 3.63) is 28.5 Å². The molecule has 3 rings (SSSR count). The smallest absolute Gasteiger partial charge is 0.239 e. The van der Waals surface area contributed by atoms with Crippen molar-refractivity contribution < 1.29 is 18.8 Å². The van der Waals surface area contributed by atoms with Gasteiger partial charge in [0, 0.05) is 10.4 Å². The Kier molecular flexibility index (Phi) is 3.29. The predicted octanol–water partition coefficient (Wildman–Crippen LogP) is 3.10. The number of carbonyl (C=O) groups is 3. The Morgan fingerprint density at radius 3 is 2.59 bits per heavy atom. The molecule has 2 aliphatic carbocycles. The van der Waals surface area contributed by atoms with E-state index in [4.69, 9.17) is 0 Å². The molecule has 2 saturated carbocycles. The summed E-state index contributed by atoms with van der Waals surface area (Å²) >= 11 is 3.18. The molecule has 0 unspecified atom stereocenters. The minimum atomic E-state index is -1.32. The van der Waals surface area contributed by atoms with Crippen LogP contribution in [0.15, 0.2) is 22.7 Å². The zero-order valence-electron chi connectivity index (χ0n) is 12.2. The maximum absolute atomic E-state index is 13.1. The van der Waals surface area contributed by atoms with Crippen LogP contribution in [0.25, 0.3) is 0 Å². The fourth-order valence-corrected chi connectivity index (χ4v) is 4.35. The first-order chi connectivity index (χ1) is 10.2. The van der Waals surface area contributed by atoms with Gasteiger partial charge in [-0.05, 0) is 52.4 Å². The number of benzene rings is 1. The highest BCUT2D eigenvalue weighted by atomic mass is 79.9. The van der Waals surface area contributed by atoms with E-state index in [0.29, 0.717) is 23.0 Å². The Labute approximate surface area is 135 Å². The summed E-state index contributed by atoms with van der Waals surface area (Å²) in [5, 5.41) is 2.68. The summed E-state index contributed by atoms with van der Waals surface area (Å²) in [5.41, 5.74) is -1.63. The first kappa shape index (κ1) is 15.3. The third-order valence-electron chi connectivity index (χ3n) is 5.27. The number of rotatable bonds is 2. The van der Waals surface area contributed by atoms with Crippen LogP contribution in [0.4, 0.5) is 10.1 Å². The number of amides is 1. The number of hydrogen-bond acceptors (Lipinski definition) is 3. The van der Waals surface area contributed by atoms with Gasteiger partial charge in [0.2, 0.25) is 17.5 Å². The van der Waals surface area contributed by atoms with E-state index in [1.807, 2.05) is 0 Å². The number of fused-ring (bicyclic) bond motifs is 2. The number of hydrogen-bond donors (Lipinski definition) is 1. The van der Waals surface area contributed by atoms with Crippen LogP contribution >= 0.6 is 15.9 Å². The Balaban J connectivity index is 1.98. The molecule has 116 valence electrons. The lowest BCUT2D eigenvalue weighted by Gasteiger charge is -2.33. The Hall–Kier alpha value is -1.56. The van der Waals surface area contributed by atoms with E-state index >= 15 is 0 Å². The van der Waals surface area contributed by atoms with Crippen LogP contribution in [0.3, 0.4) is 0 Å². The van der Waals surface area contributed by atoms with Gasteiger partial charge in [-0.2, -0.15) is 0 Å². The lowest BCUT2D eigenvalue weighted by Crippen LogP contribution is -2.47. The van der Waals surface area contributed by atoms with Crippen molar-refractivity contribution in [1.29, 1.82) is 0 Å². The highest BCUT2D eigenvalue weighted by Crippen LogP contribution is 2.62. The van der Waals surface area contributed by atoms with Crippen LogP contribution in [-0.4, -0.2) is 17.5 Å². The van der Waals surface area contributed by atoms with Crippen LogP contribution in [-0.2, 0) is 14.4 Å². The molecule has 6 heteroatoms. The lowest BCUT2D eigenvalue weighted by atomic mass is 9.68. The third kappa shape index (κ3) is 1.76. The van der Waals surface area contributed by atoms with Gasteiger partial charge in [-0.15, -0.1) is 0 Å². The third-order valence-corrected chi connectivity index (χ3v) is 5.93. The van der Waals surface area contributed by atoms with Crippen LogP contribution in [0, 0.1) is 22.6 Å². The van der Waals surface area contributed by atoms with E-state index in [2.05, 4.69) is 21.2 Å². The van der Waals surface area contributed by atoms with E-state index in [1.165, 1.54) is 18.2 Å². The summed E-state index contributed by atoms with van der Waals surface area (Å²) in [7, 11) is 0. The quantitative estimate of drug-likeness (QED) is 0.645. The van der Waals surface area contributed by atoms with Gasteiger partial charge in [0.1, 0.15) is 11.2 Å². The monoisotopic (exact) mass is 367 g/mol. The number of halogens is 2. The molecule has 0 heterocycles. The predicted molar refractivity (Wildman–Crippen MR) is 81.7 cm³/mol. The van der Waals surface area contributed by atoms with Gasteiger partial charge < -0.3 is 5.32 Å². The van der Waals surface area contributed by atoms with Gasteiger partial charge in [-0.25, -0.2) is 4.39 Å². The fourth-order valence-electron chi connectivity index (χ4n) is 3.90. The lowest BCUT2D eigenvalue weighted by molar-refractivity contribution is -0.147. The van der Waals surface area contributed by atoms with E-state index in [-0.39, 0.29) is 5.92 Å². The zero-order valence-corrected chi connectivity index (χ0v) is 13.8. The molecule has 2 bridgehead atoms. The van der Waals surface area contributed by atoms with Crippen LogP contribution in [0.2, 0.25) is 0 Å². The Bertz CT molecular complexity index is 715. The summed E-state index contributed by atoms with van der Waals surface area (Å²) in [4.78, 5) is 37.3. The highest BCUT2D eigenvalue weighted by Gasteiger charge is 2.72. The van der Waals surface area contributed by atoms with Gasteiger partial charge in [-0.1, -0.05) is 13.8 Å². The van der Waals surface area contributed by atoms with Crippen molar-refractivity contribution in [2.24, 2.45) is 16.7 Å². The fraction of sp³-hybridized carbons (Fsp3) is 0.438. The molecule has 4 nitrogen and oxygen atoms in total. The maximum atomic E-state index is 13.1. The van der Waals surface area contributed by atoms with Gasteiger partial charge in [0.25, 0.3) is 0 Å². The second-order valence-electron chi connectivity index (χ2n) is 6.49. The van der Waals surface area contributed by atoms with Crippen LogP contribution < -0.4 is 5.32 Å². The summed E-state index contributed by atoms with van der Waals surface area (Å²) in [6, 6.07) is 3.88. The van der Waals surface area contributed by atoms with E-state index in [9.17, 15) is 18.8 Å². The van der Waals surface area contributed by atoms with Crippen molar-refractivity contribution in [2.45, 2.75) is 26.7 Å². The van der Waals surface area contributed by atoms with Crippen LogP contribution in [0.1, 0.15) is 26.7 Å². The molecule has 0 radical (unpaired) electrons. The van der Waals surface area contributed by atoms with Gasteiger partial charge in [-0.3, -0.25) is 14.4 Å². The maximum Gasteiger partial charge on any atom is 0.239 e. The van der Waals surface area contributed by atoms with Gasteiger partial charge >= 0.3 is 0 Å². The summed E-state index contributed by atoms with van der Waals surface area (Å²) in [5.74, 6) is -2.34. The Morgan fingerprint density at radius 1 is 1.36 bits per heavy atom. The second kappa shape index (κ2) is 4.72. The Morgan fingerprint density at radius 2 is 2.05 bits per heavy atom. The minimum Gasteiger partial charge on any atom is -0.324 e. The molecular weight excluding hydrogens is 353 g/mol. The summed E-state index contributed by atoms with van der Waals surface area (Å²) in [6.07, 6.45) is 0.926. The molecule has 1 aromatic carbocycles. The molecule has 2 atom stereocenters. The van der Waals surface area contributed by atoms with Crippen molar-refractivity contribution >= 4 is 39.1 Å². The van der Waals surface area contributed by atoms with E-state index in [0.717, 1.165) is 0 Å². The first-order valence-electron chi connectivity index (χ1n) is 7.07. The molecule has 2 fully saturated rings. The van der Waals surface area contributed by atoms with Gasteiger partial charge in [0.15, 0.2) is 0 Å². The van der Waals surface area contributed by atoms with E-state index < -0.39 is 34.1 Å². The molecule has 1 amide bonds. The zero-order chi connectivity index (χ0) is 16.3. The number of anilines is 1. The second-order valence-corrected chi connectivity index (χ2v) is 7.34. The number of carbonyl (C=O) groups excluding carboxylic acids is 3. The normalized spacial score (nSPS) is 29.0. The van der Waals surface area contributed by atoms with Crippen molar-refractivity contribution in [3.8, 4) is 0 Å². The van der Waals surface area contributed by atoms with Crippen molar-refractivity contribution in [1.82, 2.24) is 0 Å². The standard InChI is InChI=1S/C16H15BrFNO3/c1-15(2)9-5-6-16(15,13(21)12(9)20)14(22)19-11-4-3-8(18)7-10(11)17/h3-4,7,9H,5-6H2,1-2H3,(H,19,22)/t9-,16+/m0/s1. The molecule has 0 saturated heterocycles. The molecule has 0 aromatic heterocycles. The average molecular weight is 368 g/mol. The SMILES string of the molecule is CC1(C)[C@H]2CC[C@]1(C(=O)Nc1ccc(F)cc1Br)C(=O)C2=O. The molecule has 1 aromatic rings. The summed E-state index contributed by atoms with van der Waals surface area (Å²) in [6.45, 7) is 3.60. The molecule has 2 aliphatic rings. The molecule has 0 aliphatic heterocycles. The van der Waals surface area contributed by atoms with Gasteiger partial charge in [0.05, 0.1) is 5.69 Å². The van der Waals surface area contributed by atoms with Crippen molar-refractivity contribution in [2.75, 3.05) is 5.32 Å². The molecule has 0 spiro atoms. The molecule has 1 N–H and O–H groups in total. The number of Topliss-reactive ketones (excluding diaryl/α,β-unsaturated/α-hetero) is 2. The molecular formula is C16H15BrFNO3. The van der Waals surface area contributed by atoms with Crippen molar-refractivity contribution in [3.63, 3.8) is 0 Å². The summed E-state index contributed by atoms with van der Waals surface area (Å²) < 4.78 is 13.5. The largest absolute Gasteiger partial charge is 0.324 e. The molecule has 22 heavy (non-hydrogen) atoms. The first-order valence-corrected chi connectivity index (χ1v) is 7.86. The number of nitrogens with one attached hydrogen (secondary N) is 1. The minimum absolute atomic E-state index is 0.375. The number of ketones is 2. The van der Waals surface area contributed by atoms with E-state index in [1.54, 1.807) is 13.8 Å². The highest BCUT2D eigenvalue weighted by molar-refractivity contribution is 9.10.